The van der Waals surface area contributed by atoms with Crippen LogP contribution in [0.3, 0.4) is 0 Å². The molecule has 1 aliphatic heterocycles. The Kier molecular flexibility index (Phi) is 4.93. The summed E-state index contributed by atoms with van der Waals surface area (Å²) in [4.78, 5) is 25.1. The SMILES string of the molecule is Cc1nc(C(=O)NCC#N)nc(N2CC[C@@H](N(C)C)C2)c1C. The molecule has 1 aromatic heterocycles. The first-order valence-electron chi connectivity index (χ1n) is 7.35. The van der Waals surface area contributed by atoms with Crippen molar-refractivity contribution in [2.24, 2.45) is 0 Å². The number of amides is 1. The fourth-order valence-electron chi connectivity index (χ4n) is 2.58. The van der Waals surface area contributed by atoms with Crippen LogP contribution in [-0.4, -0.2) is 60.5 Å². The van der Waals surface area contributed by atoms with Crippen LogP contribution in [0.4, 0.5) is 5.82 Å². The van der Waals surface area contributed by atoms with Crippen molar-refractivity contribution in [2.75, 3.05) is 38.6 Å². The summed E-state index contributed by atoms with van der Waals surface area (Å²) in [5, 5.41) is 11.0. The summed E-state index contributed by atoms with van der Waals surface area (Å²) in [7, 11) is 4.15. The van der Waals surface area contributed by atoms with Gasteiger partial charge in [0.1, 0.15) is 12.4 Å². The van der Waals surface area contributed by atoms with Gasteiger partial charge in [0.25, 0.3) is 5.91 Å². The zero-order chi connectivity index (χ0) is 16.3. The van der Waals surface area contributed by atoms with Gasteiger partial charge in [-0.3, -0.25) is 4.79 Å². The lowest BCUT2D eigenvalue weighted by Gasteiger charge is -2.23. The number of nitriles is 1. The second-order valence-corrected chi connectivity index (χ2v) is 5.77. The third kappa shape index (κ3) is 3.34. The lowest BCUT2D eigenvalue weighted by molar-refractivity contribution is 0.0948. The van der Waals surface area contributed by atoms with Gasteiger partial charge in [0.15, 0.2) is 0 Å². The monoisotopic (exact) mass is 302 g/mol. The molecular formula is C15H22N6O. The predicted octanol–water partition coefficient (Wildman–Crippen LogP) is 0.487. The van der Waals surface area contributed by atoms with E-state index in [0.29, 0.717) is 6.04 Å². The van der Waals surface area contributed by atoms with E-state index in [1.807, 2.05) is 19.9 Å². The molecular weight excluding hydrogens is 280 g/mol. The van der Waals surface area contributed by atoms with Crippen LogP contribution in [0.2, 0.25) is 0 Å². The number of aryl methyl sites for hydroxylation is 1. The molecule has 0 radical (unpaired) electrons. The molecule has 0 aliphatic carbocycles. The van der Waals surface area contributed by atoms with Crippen LogP contribution in [0, 0.1) is 25.2 Å². The van der Waals surface area contributed by atoms with Gasteiger partial charge in [-0.1, -0.05) is 0 Å². The number of rotatable bonds is 4. The van der Waals surface area contributed by atoms with Gasteiger partial charge in [0.05, 0.1) is 6.07 Å². The van der Waals surface area contributed by atoms with Gasteiger partial charge < -0.3 is 15.1 Å². The molecule has 2 rings (SSSR count). The number of hydrogen-bond acceptors (Lipinski definition) is 6. The highest BCUT2D eigenvalue weighted by molar-refractivity contribution is 5.91. The Hall–Kier alpha value is -2.20. The van der Waals surface area contributed by atoms with E-state index < -0.39 is 5.91 Å². The Morgan fingerprint density at radius 3 is 2.77 bits per heavy atom. The van der Waals surface area contributed by atoms with Gasteiger partial charge in [-0.05, 0) is 34.4 Å². The van der Waals surface area contributed by atoms with Gasteiger partial charge >= 0.3 is 0 Å². The Morgan fingerprint density at radius 1 is 1.45 bits per heavy atom. The second kappa shape index (κ2) is 6.71. The summed E-state index contributed by atoms with van der Waals surface area (Å²) in [6.45, 7) is 5.62. The number of carbonyl (C=O) groups excluding carboxylic acids is 1. The lowest BCUT2D eigenvalue weighted by Crippen LogP contribution is -2.33. The van der Waals surface area contributed by atoms with E-state index in [2.05, 4.69) is 39.2 Å². The number of nitrogens with one attached hydrogen (secondary N) is 1. The number of anilines is 1. The van der Waals surface area contributed by atoms with Gasteiger partial charge in [-0.25, -0.2) is 9.97 Å². The van der Waals surface area contributed by atoms with Crippen LogP contribution in [0.5, 0.6) is 0 Å². The Morgan fingerprint density at radius 2 is 2.18 bits per heavy atom. The van der Waals surface area contributed by atoms with E-state index in [-0.39, 0.29) is 12.4 Å². The molecule has 22 heavy (non-hydrogen) atoms. The summed E-state index contributed by atoms with van der Waals surface area (Å²) in [6, 6.07) is 2.37. The Balaban J connectivity index is 2.26. The topological polar surface area (TPSA) is 85.1 Å². The molecule has 1 amide bonds. The molecule has 7 nitrogen and oxygen atoms in total. The molecule has 0 bridgehead atoms. The summed E-state index contributed by atoms with van der Waals surface area (Å²) in [5.74, 6) is 0.537. The molecule has 1 aliphatic rings. The molecule has 7 heteroatoms. The first kappa shape index (κ1) is 16.2. The fourth-order valence-corrected chi connectivity index (χ4v) is 2.58. The Labute approximate surface area is 131 Å². The highest BCUT2D eigenvalue weighted by atomic mass is 16.2. The molecule has 1 atom stereocenters. The second-order valence-electron chi connectivity index (χ2n) is 5.77. The molecule has 1 aromatic rings. The number of likely N-dealkylation sites (N-methyl/N-ethyl adjacent to an activating group) is 1. The molecule has 118 valence electrons. The smallest absolute Gasteiger partial charge is 0.289 e. The predicted molar refractivity (Wildman–Crippen MR) is 83.8 cm³/mol. The molecule has 0 unspecified atom stereocenters. The number of aromatic nitrogens is 2. The maximum atomic E-state index is 12.0. The van der Waals surface area contributed by atoms with E-state index in [0.717, 1.165) is 36.6 Å². The summed E-state index contributed by atoms with van der Waals surface area (Å²) < 4.78 is 0. The largest absolute Gasteiger partial charge is 0.355 e. The van der Waals surface area contributed by atoms with E-state index >= 15 is 0 Å². The number of carbonyl (C=O) groups is 1. The minimum atomic E-state index is -0.408. The number of nitrogens with zero attached hydrogens (tertiary/aromatic N) is 5. The van der Waals surface area contributed by atoms with Crippen LogP contribution in [-0.2, 0) is 0 Å². The van der Waals surface area contributed by atoms with Crippen molar-refractivity contribution in [2.45, 2.75) is 26.3 Å². The average molecular weight is 302 g/mol. The molecule has 1 fully saturated rings. The standard InChI is InChI=1S/C15H22N6O/c1-10-11(2)18-13(15(22)17-7-6-16)19-14(10)21-8-5-12(9-21)20(3)4/h12H,5,7-9H2,1-4H3,(H,17,22)/t12-/m1/s1. The Bertz CT molecular complexity index is 607. The van der Waals surface area contributed by atoms with Crippen molar-refractivity contribution in [3.8, 4) is 6.07 Å². The van der Waals surface area contributed by atoms with Crippen LogP contribution >= 0.6 is 0 Å². The third-order valence-electron chi connectivity index (χ3n) is 4.09. The quantitative estimate of drug-likeness (QED) is 0.815. The summed E-state index contributed by atoms with van der Waals surface area (Å²) in [5.41, 5.74) is 1.79. The van der Waals surface area contributed by atoms with Gasteiger partial charge in [0.2, 0.25) is 5.82 Å². The van der Waals surface area contributed by atoms with Crippen molar-refractivity contribution in [3.63, 3.8) is 0 Å². The van der Waals surface area contributed by atoms with Crippen molar-refractivity contribution in [3.05, 3.63) is 17.1 Å². The normalized spacial score (nSPS) is 17.6. The summed E-state index contributed by atoms with van der Waals surface area (Å²) >= 11 is 0. The minimum Gasteiger partial charge on any atom is -0.355 e. The maximum absolute atomic E-state index is 12.0. The lowest BCUT2D eigenvalue weighted by atomic mass is 10.2. The van der Waals surface area contributed by atoms with Crippen molar-refractivity contribution in [1.29, 1.82) is 5.26 Å². The zero-order valence-corrected chi connectivity index (χ0v) is 13.6. The summed E-state index contributed by atoms with van der Waals surface area (Å²) in [6.07, 6.45) is 1.07. The zero-order valence-electron chi connectivity index (χ0n) is 13.6. The van der Waals surface area contributed by atoms with Gasteiger partial charge in [-0.2, -0.15) is 5.26 Å². The van der Waals surface area contributed by atoms with Crippen molar-refractivity contribution in [1.82, 2.24) is 20.2 Å². The maximum Gasteiger partial charge on any atom is 0.289 e. The van der Waals surface area contributed by atoms with Crippen LogP contribution in [0.25, 0.3) is 0 Å². The van der Waals surface area contributed by atoms with E-state index in [1.54, 1.807) is 0 Å². The molecule has 1 N–H and O–H groups in total. The van der Waals surface area contributed by atoms with Crippen LogP contribution in [0.1, 0.15) is 28.3 Å². The number of hydrogen-bond donors (Lipinski definition) is 1. The fraction of sp³-hybridized carbons (Fsp3) is 0.600. The highest BCUT2D eigenvalue weighted by Gasteiger charge is 2.27. The van der Waals surface area contributed by atoms with Gasteiger partial charge in [0, 0.05) is 30.4 Å². The van der Waals surface area contributed by atoms with Crippen LogP contribution in [0.15, 0.2) is 0 Å². The van der Waals surface area contributed by atoms with Crippen molar-refractivity contribution < 1.29 is 4.79 Å². The van der Waals surface area contributed by atoms with E-state index in [4.69, 9.17) is 5.26 Å². The van der Waals surface area contributed by atoms with E-state index in [9.17, 15) is 4.79 Å². The first-order valence-corrected chi connectivity index (χ1v) is 7.35. The van der Waals surface area contributed by atoms with Crippen molar-refractivity contribution >= 4 is 11.7 Å². The van der Waals surface area contributed by atoms with E-state index in [1.165, 1.54) is 0 Å². The highest BCUT2D eigenvalue weighted by Crippen LogP contribution is 2.25. The molecule has 0 aromatic carbocycles. The molecule has 0 saturated carbocycles. The van der Waals surface area contributed by atoms with Gasteiger partial charge in [-0.15, -0.1) is 0 Å². The minimum absolute atomic E-state index is 0.0448. The average Bonchev–Trinajstić information content (AvgIpc) is 2.97. The third-order valence-corrected chi connectivity index (χ3v) is 4.09. The van der Waals surface area contributed by atoms with Crippen LogP contribution < -0.4 is 10.2 Å². The molecule has 2 heterocycles. The molecule has 0 spiro atoms. The molecule has 1 saturated heterocycles. The first-order chi connectivity index (χ1) is 10.4.